The van der Waals surface area contributed by atoms with Crippen molar-refractivity contribution in [2.75, 3.05) is 0 Å². The molecule has 1 heterocycles. The van der Waals surface area contributed by atoms with E-state index in [0.29, 0.717) is 5.92 Å². The Balaban J connectivity index is 2.03. The molecule has 1 fully saturated rings. The van der Waals surface area contributed by atoms with Crippen molar-refractivity contribution in [1.29, 1.82) is 0 Å². The van der Waals surface area contributed by atoms with Gasteiger partial charge in [0.25, 0.3) is 0 Å². The summed E-state index contributed by atoms with van der Waals surface area (Å²) >= 11 is 0. The van der Waals surface area contributed by atoms with Crippen LogP contribution in [0.25, 0.3) is 0 Å². The summed E-state index contributed by atoms with van der Waals surface area (Å²) in [7, 11) is 0. The summed E-state index contributed by atoms with van der Waals surface area (Å²) in [5.74, 6) is 1.21. The maximum Gasteiger partial charge on any atom is 0.0848 e. The molecule has 0 spiro atoms. The summed E-state index contributed by atoms with van der Waals surface area (Å²) in [5.41, 5.74) is 0.982. The molecule has 3 heteroatoms. The van der Waals surface area contributed by atoms with Gasteiger partial charge in [0.2, 0.25) is 0 Å². The van der Waals surface area contributed by atoms with Crippen LogP contribution < -0.4 is 0 Å². The van der Waals surface area contributed by atoms with Crippen molar-refractivity contribution < 1.29 is 5.11 Å². The zero-order valence-electron chi connectivity index (χ0n) is 9.56. The highest BCUT2D eigenvalue weighted by Gasteiger charge is 2.28. The lowest BCUT2D eigenvalue weighted by molar-refractivity contribution is 0.109. The molecule has 1 aliphatic rings. The summed E-state index contributed by atoms with van der Waals surface area (Å²) in [4.78, 5) is 0. The van der Waals surface area contributed by atoms with Gasteiger partial charge in [-0.15, -0.1) is 0 Å². The summed E-state index contributed by atoms with van der Waals surface area (Å²) in [6.45, 7) is 5.19. The second kappa shape index (κ2) is 4.35. The zero-order chi connectivity index (χ0) is 10.8. The molecule has 1 N–H and O–H groups in total. The Labute approximate surface area is 91.1 Å². The van der Waals surface area contributed by atoms with Crippen LogP contribution in [0.2, 0.25) is 0 Å². The van der Waals surface area contributed by atoms with Gasteiger partial charge in [0.1, 0.15) is 0 Å². The zero-order valence-corrected chi connectivity index (χ0v) is 9.56. The number of aliphatic hydroxyl groups excluding tert-OH is 1. The Morgan fingerprint density at radius 3 is 2.93 bits per heavy atom. The molecule has 0 amide bonds. The lowest BCUT2D eigenvalue weighted by Gasteiger charge is -2.16. The molecular formula is C12H20N2O. The highest BCUT2D eigenvalue weighted by atomic mass is 16.3. The molecule has 3 unspecified atom stereocenters. The Hall–Kier alpha value is -0.830. The van der Waals surface area contributed by atoms with Gasteiger partial charge in [-0.05, 0) is 31.6 Å². The molecule has 3 nitrogen and oxygen atoms in total. The molecular weight excluding hydrogens is 188 g/mol. The number of hydrogen-bond acceptors (Lipinski definition) is 2. The van der Waals surface area contributed by atoms with Crippen LogP contribution in [0, 0.1) is 11.8 Å². The Kier molecular flexibility index (Phi) is 3.10. The summed E-state index contributed by atoms with van der Waals surface area (Å²) in [5, 5.41) is 14.4. The first kappa shape index (κ1) is 10.7. The largest absolute Gasteiger partial charge is 0.388 e. The summed E-state index contributed by atoms with van der Waals surface area (Å²) in [6.07, 6.45) is 7.02. The SMILES string of the molecule is CCn1cc(C(O)C2CCC(C)C2)cn1. The fraction of sp³-hybridized carbons (Fsp3) is 0.750. The van der Waals surface area contributed by atoms with Gasteiger partial charge in [0.05, 0.1) is 12.3 Å². The predicted molar refractivity (Wildman–Crippen MR) is 59.4 cm³/mol. The van der Waals surface area contributed by atoms with Crippen molar-refractivity contribution in [1.82, 2.24) is 9.78 Å². The topological polar surface area (TPSA) is 38.0 Å². The first-order chi connectivity index (χ1) is 7.20. The lowest BCUT2D eigenvalue weighted by Crippen LogP contribution is -2.08. The van der Waals surface area contributed by atoms with E-state index in [1.807, 2.05) is 10.9 Å². The Morgan fingerprint density at radius 2 is 2.40 bits per heavy atom. The molecule has 1 aromatic rings. The molecule has 84 valence electrons. The van der Waals surface area contributed by atoms with E-state index in [1.165, 1.54) is 6.42 Å². The predicted octanol–water partition coefficient (Wildman–Crippen LogP) is 2.37. The van der Waals surface area contributed by atoms with Crippen LogP contribution in [0.15, 0.2) is 12.4 Å². The average Bonchev–Trinajstić information content (AvgIpc) is 2.84. The van der Waals surface area contributed by atoms with E-state index < -0.39 is 0 Å². The van der Waals surface area contributed by atoms with E-state index in [9.17, 15) is 5.11 Å². The molecule has 1 aliphatic carbocycles. The average molecular weight is 208 g/mol. The molecule has 0 radical (unpaired) electrons. The summed E-state index contributed by atoms with van der Waals surface area (Å²) < 4.78 is 1.87. The molecule has 0 saturated heterocycles. The standard InChI is InChI=1S/C12H20N2O/c1-3-14-8-11(7-13-14)12(15)10-5-4-9(2)6-10/h7-10,12,15H,3-6H2,1-2H3. The number of aliphatic hydroxyl groups is 1. The van der Waals surface area contributed by atoms with Crippen LogP contribution in [0.1, 0.15) is 44.8 Å². The van der Waals surface area contributed by atoms with E-state index >= 15 is 0 Å². The van der Waals surface area contributed by atoms with Crippen molar-refractivity contribution in [2.45, 2.75) is 45.8 Å². The van der Waals surface area contributed by atoms with Gasteiger partial charge in [0, 0.05) is 18.3 Å². The number of aromatic nitrogens is 2. The van der Waals surface area contributed by atoms with Crippen LogP contribution in [-0.4, -0.2) is 14.9 Å². The second-order valence-corrected chi connectivity index (χ2v) is 4.75. The highest BCUT2D eigenvalue weighted by molar-refractivity contribution is 5.09. The fourth-order valence-electron chi connectivity index (χ4n) is 2.52. The van der Waals surface area contributed by atoms with Crippen molar-refractivity contribution in [2.24, 2.45) is 11.8 Å². The van der Waals surface area contributed by atoms with Crippen LogP contribution in [0.5, 0.6) is 0 Å². The van der Waals surface area contributed by atoms with Crippen molar-refractivity contribution in [3.8, 4) is 0 Å². The maximum absolute atomic E-state index is 10.2. The molecule has 1 saturated carbocycles. The minimum Gasteiger partial charge on any atom is -0.388 e. The summed E-state index contributed by atoms with van der Waals surface area (Å²) in [6, 6.07) is 0. The molecule has 2 rings (SSSR count). The number of nitrogens with zero attached hydrogens (tertiary/aromatic N) is 2. The third-order valence-electron chi connectivity index (χ3n) is 3.50. The van der Waals surface area contributed by atoms with Crippen LogP contribution in [0.4, 0.5) is 0 Å². The molecule has 0 aromatic carbocycles. The van der Waals surface area contributed by atoms with E-state index in [2.05, 4.69) is 18.9 Å². The van der Waals surface area contributed by atoms with E-state index in [-0.39, 0.29) is 6.10 Å². The van der Waals surface area contributed by atoms with Crippen molar-refractivity contribution >= 4 is 0 Å². The molecule has 3 atom stereocenters. The van der Waals surface area contributed by atoms with Crippen LogP contribution in [-0.2, 0) is 6.54 Å². The first-order valence-electron chi connectivity index (χ1n) is 5.91. The van der Waals surface area contributed by atoms with Gasteiger partial charge in [0.15, 0.2) is 0 Å². The van der Waals surface area contributed by atoms with Gasteiger partial charge >= 0.3 is 0 Å². The van der Waals surface area contributed by atoms with Gasteiger partial charge in [-0.2, -0.15) is 5.10 Å². The number of aryl methyl sites for hydroxylation is 1. The van der Waals surface area contributed by atoms with Crippen LogP contribution >= 0.6 is 0 Å². The van der Waals surface area contributed by atoms with Crippen molar-refractivity contribution in [3.05, 3.63) is 18.0 Å². The van der Waals surface area contributed by atoms with E-state index in [0.717, 1.165) is 30.9 Å². The third-order valence-corrected chi connectivity index (χ3v) is 3.50. The number of rotatable bonds is 3. The maximum atomic E-state index is 10.2. The van der Waals surface area contributed by atoms with Gasteiger partial charge < -0.3 is 5.11 Å². The third kappa shape index (κ3) is 2.23. The highest BCUT2D eigenvalue weighted by Crippen LogP contribution is 2.38. The monoisotopic (exact) mass is 208 g/mol. The molecule has 0 aliphatic heterocycles. The number of hydrogen-bond donors (Lipinski definition) is 1. The quantitative estimate of drug-likeness (QED) is 0.828. The van der Waals surface area contributed by atoms with Crippen molar-refractivity contribution in [3.63, 3.8) is 0 Å². The second-order valence-electron chi connectivity index (χ2n) is 4.75. The van der Waals surface area contributed by atoms with Crippen LogP contribution in [0.3, 0.4) is 0 Å². The van der Waals surface area contributed by atoms with E-state index in [1.54, 1.807) is 6.20 Å². The first-order valence-corrected chi connectivity index (χ1v) is 5.91. The minimum atomic E-state index is -0.310. The van der Waals surface area contributed by atoms with Gasteiger partial charge in [-0.3, -0.25) is 4.68 Å². The normalized spacial score (nSPS) is 28.2. The lowest BCUT2D eigenvalue weighted by atomic mass is 9.95. The smallest absolute Gasteiger partial charge is 0.0848 e. The van der Waals surface area contributed by atoms with E-state index in [4.69, 9.17) is 0 Å². The van der Waals surface area contributed by atoms with Gasteiger partial charge in [-0.1, -0.05) is 13.3 Å². The fourth-order valence-corrected chi connectivity index (χ4v) is 2.52. The molecule has 1 aromatic heterocycles. The van der Waals surface area contributed by atoms with Gasteiger partial charge in [-0.25, -0.2) is 0 Å². The Morgan fingerprint density at radius 1 is 1.60 bits per heavy atom. The minimum absolute atomic E-state index is 0.310. The Bertz CT molecular complexity index is 321. The molecule has 15 heavy (non-hydrogen) atoms. The molecule has 0 bridgehead atoms.